The van der Waals surface area contributed by atoms with Crippen LogP contribution in [0.4, 0.5) is 5.95 Å². The van der Waals surface area contributed by atoms with E-state index in [4.69, 9.17) is 0 Å². The average molecular weight is 284 g/mol. The molecule has 112 valence electrons. The Hall–Kier alpha value is -1.81. The molecule has 1 aromatic heterocycles. The summed E-state index contributed by atoms with van der Waals surface area (Å²) in [4.78, 5) is 6.96. The van der Waals surface area contributed by atoms with E-state index in [1.165, 1.54) is 24.9 Å². The van der Waals surface area contributed by atoms with Crippen LogP contribution in [-0.2, 0) is 13.1 Å². The van der Waals surface area contributed by atoms with Gasteiger partial charge in [-0.2, -0.15) is 0 Å². The van der Waals surface area contributed by atoms with E-state index >= 15 is 0 Å². The predicted octanol–water partition coefficient (Wildman–Crippen LogP) is 2.98. The first-order valence-electron chi connectivity index (χ1n) is 7.89. The van der Waals surface area contributed by atoms with Gasteiger partial charge in [-0.05, 0) is 31.9 Å². The number of nitrogens with zero attached hydrogens (tertiary/aromatic N) is 3. The molecule has 2 heterocycles. The van der Waals surface area contributed by atoms with Crippen LogP contribution in [0.15, 0.2) is 42.7 Å². The zero-order valence-corrected chi connectivity index (χ0v) is 12.7. The summed E-state index contributed by atoms with van der Waals surface area (Å²) in [6.45, 7) is 6.43. The van der Waals surface area contributed by atoms with Crippen LogP contribution in [0.5, 0.6) is 0 Å². The van der Waals surface area contributed by atoms with Gasteiger partial charge in [-0.15, -0.1) is 0 Å². The fourth-order valence-electron chi connectivity index (χ4n) is 3.05. The molecule has 2 aromatic rings. The zero-order valence-electron chi connectivity index (χ0n) is 12.7. The van der Waals surface area contributed by atoms with Crippen LogP contribution in [0.1, 0.15) is 25.3 Å². The van der Waals surface area contributed by atoms with Gasteiger partial charge in [0.1, 0.15) is 0 Å². The second-order valence-electron chi connectivity index (χ2n) is 5.74. The molecule has 1 aliphatic heterocycles. The molecule has 1 N–H and O–H groups in total. The molecule has 1 fully saturated rings. The Bertz CT molecular complexity index is 549. The fourth-order valence-corrected chi connectivity index (χ4v) is 3.05. The summed E-state index contributed by atoms with van der Waals surface area (Å²) in [5.41, 5.74) is 1.40. The van der Waals surface area contributed by atoms with Crippen molar-refractivity contribution in [2.45, 2.75) is 38.9 Å². The molecule has 0 bridgehead atoms. The highest BCUT2D eigenvalue weighted by Gasteiger charge is 2.20. The van der Waals surface area contributed by atoms with E-state index in [0.29, 0.717) is 6.04 Å². The molecule has 3 rings (SSSR count). The van der Waals surface area contributed by atoms with E-state index in [0.717, 1.165) is 25.6 Å². The van der Waals surface area contributed by atoms with E-state index in [-0.39, 0.29) is 0 Å². The summed E-state index contributed by atoms with van der Waals surface area (Å²) >= 11 is 0. The van der Waals surface area contributed by atoms with Crippen LogP contribution in [0.2, 0.25) is 0 Å². The summed E-state index contributed by atoms with van der Waals surface area (Å²) in [5.74, 6) is 1.00. The molecule has 21 heavy (non-hydrogen) atoms. The maximum Gasteiger partial charge on any atom is 0.203 e. The number of hydrogen-bond acceptors (Lipinski definition) is 3. The van der Waals surface area contributed by atoms with Crippen LogP contribution < -0.4 is 5.32 Å². The Balaban J connectivity index is 1.58. The Morgan fingerprint density at radius 2 is 2.14 bits per heavy atom. The first-order chi connectivity index (χ1) is 10.3. The average Bonchev–Trinajstić information content (AvgIpc) is 2.96. The van der Waals surface area contributed by atoms with E-state index < -0.39 is 0 Å². The van der Waals surface area contributed by atoms with Gasteiger partial charge < -0.3 is 9.88 Å². The van der Waals surface area contributed by atoms with Gasteiger partial charge in [0.2, 0.25) is 5.95 Å². The summed E-state index contributed by atoms with van der Waals surface area (Å²) in [6, 6.07) is 11.2. The quantitative estimate of drug-likeness (QED) is 0.916. The summed E-state index contributed by atoms with van der Waals surface area (Å²) in [6.07, 6.45) is 6.38. The number of nitrogens with one attached hydrogen (secondary N) is 1. The van der Waals surface area contributed by atoms with Crippen LogP contribution in [0.25, 0.3) is 0 Å². The lowest BCUT2D eigenvalue weighted by Gasteiger charge is -2.33. The molecule has 1 atom stereocenters. The topological polar surface area (TPSA) is 33.1 Å². The minimum absolute atomic E-state index is 0.496. The smallest absolute Gasteiger partial charge is 0.203 e. The second kappa shape index (κ2) is 6.76. The maximum absolute atomic E-state index is 4.42. The molecular formula is C17H24N4. The number of hydrogen-bond donors (Lipinski definition) is 1. The maximum atomic E-state index is 4.42. The summed E-state index contributed by atoms with van der Waals surface area (Å²) in [5, 5.41) is 3.61. The van der Waals surface area contributed by atoms with Gasteiger partial charge in [0.05, 0.1) is 0 Å². The van der Waals surface area contributed by atoms with Gasteiger partial charge >= 0.3 is 0 Å². The molecule has 1 aliphatic rings. The van der Waals surface area contributed by atoms with Gasteiger partial charge in [0.15, 0.2) is 0 Å². The number of imidazole rings is 1. The zero-order chi connectivity index (χ0) is 14.5. The van der Waals surface area contributed by atoms with E-state index in [9.17, 15) is 0 Å². The van der Waals surface area contributed by atoms with E-state index in [2.05, 4.69) is 57.0 Å². The Kier molecular flexibility index (Phi) is 4.55. The first kappa shape index (κ1) is 14.1. The van der Waals surface area contributed by atoms with Gasteiger partial charge in [-0.3, -0.25) is 4.90 Å². The number of benzene rings is 1. The highest BCUT2D eigenvalue weighted by atomic mass is 15.2. The highest BCUT2D eigenvalue weighted by Crippen LogP contribution is 2.17. The van der Waals surface area contributed by atoms with Crippen LogP contribution in [0.3, 0.4) is 0 Å². The lowest BCUT2D eigenvalue weighted by Crippen LogP contribution is -2.42. The normalized spacial score (nSPS) is 19.6. The molecule has 4 heteroatoms. The first-order valence-corrected chi connectivity index (χ1v) is 7.89. The Morgan fingerprint density at radius 1 is 1.29 bits per heavy atom. The molecule has 0 saturated carbocycles. The number of aromatic nitrogens is 2. The number of likely N-dealkylation sites (tertiary alicyclic amines) is 1. The third kappa shape index (κ3) is 3.64. The van der Waals surface area contributed by atoms with Gasteiger partial charge in [-0.25, -0.2) is 4.98 Å². The SMILES string of the molecule is CCn1ccnc1NC1CCCN(Cc2ccccc2)C1. The standard InChI is InChI=1S/C17H24N4/c1-2-21-12-10-18-17(21)19-16-9-6-11-20(14-16)13-15-7-4-3-5-8-15/h3-5,7-8,10,12,16H,2,6,9,11,13-14H2,1H3,(H,18,19). The van der Waals surface area contributed by atoms with Gasteiger partial charge in [0, 0.05) is 38.1 Å². The second-order valence-corrected chi connectivity index (χ2v) is 5.74. The van der Waals surface area contributed by atoms with Crippen molar-refractivity contribution in [3.8, 4) is 0 Å². The van der Waals surface area contributed by atoms with Crippen molar-refractivity contribution < 1.29 is 0 Å². The molecule has 1 saturated heterocycles. The van der Waals surface area contributed by atoms with E-state index in [1.807, 2.05) is 12.4 Å². The van der Waals surface area contributed by atoms with Crippen molar-refractivity contribution in [1.82, 2.24) is 14.5 Å². The third-order valence-electron chi connectivity index (χ3n) is 4.14. The van der Waals surface area contributed by atoms with Crippen molar-refractivity contribution in [1.29, 1.82) is 0 Å². The van der Waals surface area contributed by atoms with Crippen LogP contribution in [0, 0.1) is 0 Å². The predicted molar refractivity (Wildman–Crippen MR) is 86.3 cm³/mol. The van der Waals surface area contributed by atoms with Crippen molar-refractivity contribution in [2.24, 2.45) is 0 Å². The lowest BCUT2D eigenvalue weighted by atomic mass is 10.0. The summed E-state index contributed by atoms with van der Waals surface area (Å²) < 4.78 is 2.16. The van der Waals surface area contributed by atoms with E-state index in [1.54, 1.807) is 0 Å². The minimum Gasteiger partial charge on any atom is -0.352 e. The molecule has 0 radical (unpaired) electrons. The number of anilines is 1. The van der Waals surface area contributed by atoms with Gasteiger partial charge in [-0.1, -0.05) is 30.3 Å². The lowest BCUT2D eigenvalue weighted by molar-refractivity contribution is 0.208. The molecule has 1 unspecified atom stereocenters. The Labute approximate surface area is 126 Å². The van der Waals surface area contributed by atoms with Crippen LogP contribution in [-0.4, -0.2) is 33.6 Å². The van der Waals surface area contributed by atoms with Crippen LogP contribution >= 0.6 is 0 Å². The minimum atomic E-state index is 0.496. The monoisotopic (exact) mass is 284 g/mol. The highest BCUT2D eigenvalue weighted by molar-refractivity contribution is 5.28. The third-order valence-corrected chi connectivity index (χ3v) is 4.14. The number of aryl methyl sites for hydroxylation is 1. The molecule has 0 spiro atoms. The molecule has 1 aromatic carbocycles. The number of rotatable bonds is 5. The molecular weight excluding hydrogens is 260 g/mol. The fraction of sp³-hybridized carbons (Fsp3) is 0.471. The van der Waals surface area contributed by atoms with Crippen molar-refractivity contribution in [2.75, 3.05) is 18.4 Å². The van der Waals surface area contributed by atoms with Gasteiger partial charge in [0.25, 0.3) is 0 Å². The summed E-state index contributed by atoms with van der Waals surface area (Å²) in [7, 11) is 0. The molecule has 0 aliphatic carbocycles. The Morgan fingerprint density at radius 3 is 2.95 bits per heavy atom. The molecule has 0 amide bonds. The molecule has 4 nitrogen and oxygen atoms in total. The van der Waals surface area contributed by atoms with Crippen molar-refractivity contribution >= 4 is 5.95 Å². The van der Waals surface area contributed by atoms with Crippen molar-refractivity contribution in [3.05, 3.63) is 48.3 Å². The van der Waals surface area contributed by atoms with Crippen molar-refractivity contribution in [3.63, 3.8) is 0 Å². The number of piperidine rings is 1. The largest absolute Gasteiger partial charge is 0.352 e.